The van der Waals surface area contributed by atoms with Gasteiger partial charge in [0.05, 0.1) is 5.56 Å². The Balaban J connectivity index is 1.86. The van der Waals surface area contributed by atoms with Gasteiger partial charge in [-0.1, -0.05) is 44.7 Å². The number of benzene rings is 2. The van der Waals surface area contributed by atoms with Crippen molar-refractivity contribution in [2.45, 2.75) is 32.7 Å². The predicted octanol–water partition coefficient (Wildman–Crippen LogP) is 4.45. The van der Waals surface area contributed by atoms with Crippen LogP contribution < -0.4 is 15.3 Å². The first kappa shape index (κ1) is 27.9. The van der Waals surface area contributed by atoms with Gasteiger partial charge in [-0.15, -0.1) is 4.57 Å². The number of hydrogen-bond donors (Lipinski definition) is 0. The molecule has 1 atom stereocenters. The Hall–Kier alpha value is -4.67. The van der Waals surface area contributed by atoms with Gasteiger partial charge in [-0.2, -0.15) is 4.98 Å². The van der Waals surface area contributed by atoms with Crippen LogP contribution in [-0.4, -0.2) is 46.0 Å². The van der Waals surface area contributed by atoms with Crippen molar-refractivity contribution >= 4 is 22.8 Å². The van der Waals surface area contributed by atoms with E-state index < -0.39 is 34.4 Å². The molecule has 212 valence electrons. The smallest absolute Gasteiger partial charge is 0.442 e. The number of anilines is 1. The van der Waals surface area contributed by atoms with Crippen LogP contribution in [0.1, 0.15) is 32.3 Å². The molecule has 5 rings (SSSR count). The molecule has 4 aromatic rings. The molecule has 41 heavy (non-hydrogen) atoms. The van der Waals surface area contributed by atoms with Gasteiger partial charge in [0, 0.05) is 31.2 Å². The fourth-order valence-electron chi connectivity index (χ4n) is 5.40. The number of carbonyl (C=O) groups is 1. The van der Waals surface area contributed by atoms with Crippen molar-refractivity contribution in [2.24, 2.45) is 0 Å². The van der Waals surface area contributed by atoms with Gasteiger partial charge < -0.3 is 15.0 Å². The van der Waals surface area contributed by atoms with E-state index in [0.29, 0.717) is 11.3 Å². The average molecular weight is 564 g/mol. The first-order valence-electron chi connectivity index (χ1n) is 13.2. The monoisotopic (exact) mass is 563 g/mol. The fourth-order valence-corrected chi connectivity index (χ4v) is 5.40. The number of pyridine rings is 1. The van der Waals surface area contributed by atoms with Crippen LogP contribution in [0.15, 0.2) is 66.0 Å². The maximum Gasteiger partial charge on any atom is 0.442 e. The summed E-state index contributed by atoms with van der Waals surface area (Å²) in [4.78, 5) is 33.6. The SMILES string of the molecule is C=CC(=O)N1CCN(c2nc(=O)n(-c3ccccc3C(C)C)c3c2cc(F)c(-c2c(F)cccc2F)[n+]3[O-])[C@@H](C)C1. The van der Waals surface area contributed by atoms with E-state index in [9.17, 15) is 23.6 Å². The van der Waals surface area contributed by atoms with Gasteiger partial charge in [0.2, 0.25) is 5.91 Å². The van der Waals surface area contributed by atoms with Gasteiger partial charge in [0.25, 0.3) is 0 Å². The molecule has 1 saturated heterocycles. The number of piperazine rings is 1. The van der Waals surface area contributed by atoms with Gasteiger partial charge in [-0.3, -0.25) is 4.79 Å². The summed E-state index contributed by atoms with van der Waals surface area (Å²) in [7, 11) is 0. The minimum absolute atomic E-state index is 0.0218. The summed E-state index contributed by atoms with van der Waals surface area (Å²) >= 11 is 0. The highest BCUT2D eigenvalue weighted by atomic mass is 19.1. The Morgan fingerprint density at radius 2 is 1.78 bits per heavy atom. The molecule has 11 heteroatoms. The lowest BCUT2D eigenvalue weighted by molar-refractivity contribution is -0.569. The van der Waals surface area contributed by atoms with Crippen molar-refractivity contribution in [1.29, 1.82) is 0 Å². The third-order valence-electron chi connectivity index (χ3n) is 7.36. The number of nitrogens with zero attached hydrogens (tertiary/aromatic N) is 5. The van der Waals surface area contributed by atoms with Crippen LogP contribution in [0.3, 0.4) is 0 Å². The predicted molar refractivity (Wildman–Crippen MR) is 149 cm³/mol. The highest BCUT2D eigenvalue weighted by Crippen LogP contribution is 2.33. The normalized spacial score (nSPS) is 15.5. The van der Waals surface area contributed by atoms with Gasteiger partial charge in [0.15, 0.2) is 17.3 Å². The first-order chi connectivity index (χ1) is 19.5. The summed E-state index contributed by atoms with van der Waals surface area (Å²) < 4.78 is 46.6. The number of fused-ring (bicyclic) bond motifs is 1. The standard InChI is InChI=1S/C30H28F3N5O3/c1-5-25(39)35-13-14-36(18(4)16-35)28-20-15-23(33)27(26-21(31)10-8-11-22(26)32)38(41)29(20)37(30(40)34-28)24-12-7-6-9-19(24)17(2)3/h5-12,15,17-18H,1,13-14,16H2,2-4H3/t18-/m0/s1. The summed E-state index contributed by atoms with van der Waals surface area (Å²) in [6, 6.07) is 10.5. The van der Waals surface area contributed by atoms with Crippen molar-refractivity contribution < 1.29 is 22.7 Å². The second-order valence-electron chi connectivity index (χ2n) is 10.3. The minimum Gasteiger partial charge on any atom is -0.710 e. The zero-order valence-electron chi connectivity index (χ0n) is 22.8. The molecular formula is C30H28F3N5O3. The van der Waals surface area contributed by atoms with E-state index >= 15 is 4.39 Å². The molecule has 1 aliphatic heterocycles. The van der Waals surface area contributed by atoms with Gasteiger partial charge in [-0.25, -0.2) is 22.7 Å². The molecule has 1 fully saturated rings. The van der Waals surface area contributed by atoms with Crippen LogP contribution in [0.5, 0.6) is 0 Å². The van der Waals surface area contributed by atoms with E-state index in [1.165, 1.54) is 6.08 Å². The number of halogens is 3. The average Bonchev–Trinajstić information content (AvgIpc) is 2.94. The van der Waals surface area contributed by atoms with Crippen LogP contribution in [0, 0.1) is 22.7 Å². The molecule has 0 bridgehead atoms. The lowest BCUT2D eigenvalue weighted by Crippen LogP contribution is -2.54. The van der Waals surface area contributed by atoms with E-state index in [-0.39, 0.29) is 59.1 Å². The number of carbonyl (C=O) groups excluding carboxylic acids is 1. The molecule has 2 aromatic carbocycles. The molecule has 0 unspecified atom stereocenters. The molecule has 1 amide bonds. The molecule has 2 aromatic heterocycles. The molecule has 0 radical (unpaired) electrons. The second-order valence-corrected chi connectivity index (χ2v) is 10.3. The van der Waals surface area contributed by atoms with Gasteiger partial charge in [-0.05, 0) is 43.2 Å². The maximum atomic E-state index is 15.8. The highest BCUT2D eigenvalue weighted by Gasteiger charge is 2.34. The van der Waals surface area contributed by atoms with Crippen LogP contribution >= 0.6 is 0 Å². The van der Waals surface area contributed by atoms with Gasteiger partial charge in [0.1, 0.15) is 22.7 Å². The molecule has 0 spiro atoms. The van der Waals surface area contributed by atoms with Gasteiger partial charge >= 0.3 is 11.3 Å². The van der Waals surface area contributed by atoms with E-state index in [2.05, 4.69) is 11.6 Å². The lowest BCUT2D eigenvalue weighted by Gasteiger charge is -2.40. The first-order valence-corrected chi connectivity index (χ1v) is 13.2. The summed E-state index contributed by atoms with van der Waals surface area (Å²) in [5, 5.41) is 14.0. The molecule has 8 nitrogen and oxygen atoms in total. The summed E-state index contributed by atoms with van der Waals surface area (Å²) in [5.41, 5.74) is -1.85. The van der Waals surface area contributed by atoms with Crippen molar-refractivity contribution in [2.75, 3.05) is 24.5 Å². The Kier molecular flexibility index (Phi) is 7.29. The quantitative estimate of drug-likeness (QED) is 0.204. The third-order valence-corrected chi connectivity index (χ3v) is 7.36. The Morgan fingerprint density at radius 1 is 1.10 bits per heavy atom. The zero-order chi connectivity index (χ0) is 29.6. The summed E-state index contributed by atoms with van der Waals surface area (Å²) in [5.74, 6) is -3.74. The Labute approximate surface area is 234 Å². The summed E-state index contributed by atoms with van der Waals surface area (Å²) in [6.07, 6.45) is 1.21. The lowest BCUT2D eigenvalue weighted by atomic mass is 10.0. The maximum absolute atomic E-state index is 15.8. The Bertz CT molecular complexity index is 1730. The molecule has 3 heterocycles. The zero-order valence-corrected chi connectivity index (χ0v) is 22.8. The number of aromatic nitrogens is 3. The number of hydrogen-bond acceptors (Lipinski definition) is 5. The molecule has 0 saturated carbocycles. The summed E-state index contributed by atoms with van der Waals surface area (Å²) in [6.45, 7) is 9.92. The fraction of sp³-hybridized carbons (Fsp3) is 0.267. The van der Waals surface area contributed by atoms with E-state index in [0.717, 1.165) is 28.8 Å². The van der Waals surface area contributed by atoms with E-state index in [1.54, 1.807) is 41.0 Å². The topological polar surface area (TPSA) is 85.4 Å². The largest absolute Gasteiger partial charge is 0.710 e. The number of rotatable bonds is 5. The molecule has 0 aliphatic carbocycles. The van der Waals surface area contributed by atoms with Crippen LogP contribution in [0.25, 0.3) is 28.0 Å². The molecular weight excluding hydrogens is 535 g/mol. The van der Waals surface area contributed by atoms with Crippen molar-refractivity contribution in [3.8, 4) is 16.9 Å². The highest BCUT2D eigenvalue weighted by molar-refractivity contribution is 5.89. The van der Waals surface area contributed by atoms with E-state index in [4.69, 9.17) is 0 Å². The van der Waals surface area contributed by atoms with E-state index in [1.807, 2.05) is 13.8 Å². The minimum atomic E-state index is -1.19. The van der Waals surface area contributed by atoms with Crippen molar-refractivity contribution in [3.63, 3.8) is 0 Å². The second kappa shape index (κ2) is 10.7. The number of amides is 1. The van der Waals surface area contributed by atoms with Crippen molar-refractivity contribution in [3.05, 3.63) is 99.9 Å². The number of para-hydroxylation sites is 1. The molecule has 0 N–H and O–H groups in total. The van der Waals surface area contributed by atoms with Crippen molar-refractivity contribution in [1.82, 2.24) is 14.5 Å². The van der Waals surface area contributed by atoms with Crippen LogP contribution in [0.2, 0.25) is 0 Å². The van der Waals surface area contributed by atoms with Crippen LogP contribution in [-0.2, 0) is 4.79 Å². The molecule has 1 aliphatic rings. The third kappa shape index (κ3) is 4.71. The Morgan fingerprint density at radius 3 is 2.41 bits per heavy atom. The van der Waals surface area contributed by atoms with Crippen LogP contribution in [0.4, 0.5) is 19.0 Å².